The molecule has 0 radical (unpaired) electrons. The van der Waals surface area contributed by atoms with Crippen molar-refractivity contribution in [3.63, 3.8) is 0 Å². The Morgan fingerprint density at radius 2 is 1.86 bits per heavy atom. The fraction of sp³-hybridized carbons (Fsp3) is 0.562. The largest absolute Gasteiger partial charge is 0.481 e. The van der Waals surface area contributed by atoms with Crippen molar-refractivity contribution in [2.24, 2.45) is 0 Å². The first-order chi connectivity index (χ1) is 9.73. The number of carboxylic acids is 1. The highest BCUT2D eigenvalue weighted by atomic mass is 19.1. The predicted molar refractivity (Wildman–Crippen MR) is 78.2 cm³/mol. The van der Waals surface area contributed by atoms with Gasteiger partial charge in [0, 0.05) is 24.1 Å². The topological polar surface area (TPSA) is 40.5 Å². The zero-order valence-corrected chi connectivity index (χ0v) is 13.0. The average molecular weight is 299 g/mol. The second kappa shape index (κ2) is 7.50. The predicted octanol–water partition coefficient (Wildman–Crippen LogP) is 3.91. The molecule has 0 fully saturated rings. The van der Waals surface area contributed by atoms with Gasteiger partial charge < -0.3 is 5.11 Å². The number of aliphatic carboxylic acids is 1. The molecule has 0 spiro atoms. The fourth-order valence-corrected chi connectivity index (χ4v) is 2.47. The maximum absolute atomic E-state index is 14.1. The minimum atomic E-state index is -0.848. The van der Waals surface area contributed by atoms with Crippen LogP contribution in [0, 0.1) is 18.6 Å². The Hall–Kier alpha value is -1.49. The smallest absolute Gasteiger partial charge is 0.303 e. The standard InChI is InChI=1S/C16H23F2NO2/c1-10(2)19(7-5-6-16(20)21)12(4)13-9-14(17)11(3)8-15(13)18/h8-10,12H,5-7H2,1-4H3,(H,20,21). The highest BCUT2D eigenvalue weighted by molar-refractivity contribution is 5.66. The highest BCUT2D eigenvalue weighted by Crippen LogP contribution is 2.27. The molecule has 0 bridgehead atoms. The van der Waals surface area contributed by atoms with Gasteiger partial charge in [-0.15, -0.1) is 0 Å². The lowest BCUT2D eigenvalue weighted by molar-refractivity contribution is -0.137. The first-order valence-corrected chi connectivity index (χ1v) is 7.17. The molecule has 0 aliphatic rings. The maximum Gasteiger partial charge on any atom is 0.303 e. The van der Waals surface area contributed by atoms with Gasteiger partial charge in [-0.25, -0.2) is 8.78 Å². The van der Waals surface area contributed by atoms with Crippen LogP contribution in [0.15, 0.2) is 12.1 Å². The maximum atomic E-state index is 14.1. The van der Waals surface area contributed by atoms with Gasteiger partial charge in [0.1, 0.15) is 11.6 Å². The summed E-state index contributed by atoms with van der Waals surface area (Å²) in [7, 11) is 0. The third kappa shape index (κ3) is 4.77. The number of aryl methyl sites for hydroxylation is 1. The Bertz CT molecular complexity index is 503. The van der Waals surface area contributed by atoms with E-state index in [0.29, 0.717) is 18.5 Å². The summed E-state index contributed by atoms with van der Waals surface area (Å²) in [5.41, 5.74) is 0.590. The van der Waals surface area contributed by atoms with E-state index in [9.17, 15) is 13.6 Å². The Balaban J connectivity index is 2.92. The molecule has 21 heavy (non-hydrogen) atoms. The van der Waals surface area contributed by atoms with Gasteiger partial charge in [-0.05, 0) is 58.4 Å². The second-order valence-electron chi connectivity index (χ2n) is 5.63. The van der Waals surface area contributed by atoms with Crippen molar-refractivity contribution in [2.75, 3.05) is 6.54 Å². The van der Waals surface area contributed by atoms with E-state index in [-0.39, 0.29) is 24.1 Å². The van der Waals surface area contributed by atoms with Crippen LogP contribution in [0.5, 0.6) is 0 Å². The molecule has 3 nitrogen and oxygen atoms in total. The van der Waals surface area contributed by atoms with Gasteiger partial charge in [-0.3, -0.25) is 9.69 Å². The summed E-state index contributed by atoms with van der Waals surface area (Å²) < 4.78 is 27.7. The lowest BCUT2D eigenvalue weighted by Gasteiger charge is -2.33. The summed E-state index contributed by atoms with van der Waals surface area (Å²) in [6.07, 6.45) is 0.550. The molecule has 0 amide bonds. The van der Waals surface area contributed by atoms with Crippen LogP contribution in [-0.4, -0.2) is 28.6 Å². The molecule has 0 aliphatic carbocycles. The number of carboxylic acid groups (broad SMARTS) is 1. The van der Waals surface area contributed by atoms with Crippen LogP contribution in [0.3, 0.4) is 0 Å². The van der Waals surface area contributed by atoms with Crippen molar-refractivity contribution in [3.8, 4) is 0 Å². The molecule has 1 aromatic rings. The van der Waals surface area contributed by atoms with Crippen LogP contribution in [-0.2, 0) is 4.79 Å². The molecule has 0 aromatic heterocycles. The second-order valence-corrected chi connectivity index (χ2v) is 5.63. The van der Waals surface area contributed by atoms with E-state index in [1.54, 1.807) is 0 Å². The lowest BCUT2D eigenvalue weighted by Crippen LogP contribution is -2.35. The minimum Gasteiger partial charge on any atom is -0.481 e. The molecule has 118 valence electrons. The van der Waals surface area contributed by atoms with Gasteiger partial charge in [0.15, 0.2) is 0 Å². The SMILES string of the molecule is Cc1cc(F)c(C(C)N(CCCC(=O)O)C(C)C)cc1F. The molecular weight excluding hydrogens is 276 g/mol. The van der Waals surface area contributed by atoms with Crippen molar-refractivity contribution < 1.29 is 18.7 Å². The van der Waals surface area contributed by atoms with Gasteiger partial charge >= 0.3 is 5.97 Å². The van der Waals surface area contributed by atoms with Gasteiger partial charge in [0.25, 0.3) is 0 Å². The fourth-order valence-electron chi connectivity index (χ4n) is 2.47. The highest BCUT2D eigenvalue weighted by Gasteiger charge is 2.22. The average Bonchev–Trinajstić information content (AvgIpc) is 2.37. The Kier molecular flexibility index (Phi) is 6.27. The number of hydrogen-bond acceptors (Lipinski definition) is 2. The van der Waals surface area contributed by atoms with E-state index in [2.05, 4.69) is 0 Å². The summed E-state index contributed by atoms with van der Waals surface area (Å²) in [4.78, 5) is 12.6. The summed E-state index contributed by atoms with van der Waals surface area (Å²) in [6, 6.07) is 2.24. The van der Waals surface area contributed by atoms with Crippen LogP contribution >= 0.6 is 0 Å². The van der Waals surface area contributed by atoms with Crippen LogP contribution in [0.4, 0.5) is 8.78 Å². The van der Waals surface area contributed by atoms with Crippen molar-refractivity contribution in [1.29, 1.82) is 0 Å². The van der Waals surface area contributed by atoms with Crippen LogP contribution in [0.1, 0.15) is 50.8 Å². The van der Waals surface area contributed by atoms with E-state index in [1.807, 2.05) is 25.7 Å². The first kappa shape index (κ1) is 17.6. The van der Waals surface area contributed by atoms with E-state index < -0.39 is 17.6 Å². The summed E-state index contributed by atoms with van der Waals surface area (Å²) in [5, 5.41) is 8.70. The van der Waals surface area contributed by atoms with Crippen molar-refractivity contribution in [3.05, 3.63) is 34.9 Å². The monoisotopic (exact) mass is 299 g/mol. The molecule has 5 heteroatoms. The summed E-state index contributed by atoms with van der Waals surface area (Å²) in [6.45, 7) is 7.79. The normalized spacial score (nSPS) is 13.0. The number of hydrogen-bond donors (Lipinski definition) is 1. The molecule has 1 aromatic carbocycles. The molecule has 0 saturated heterocycles. The molecule has 0 aliphatic heterocycles. The molecule has 1 N–H and O–H groups in total. The number of nitrogens with zero attached hydrogens (tertiary/aromatic N) is 1. The zero-order chi connectivity index (χ0) is 16.2. The van der Waals surface area contributed by atoms with Crippen molar-refractivity contribution >= 4 is 5.97 Å². The lowest BCUT2D eigenvalue weighted by atomic mass is 10.0. The first-order valence-electron chi connectivity index (χ1n) is 7.17. The number of benzene rings is 1. The molecule has 1 rings (SSSR count). The van der Waals surface area contributed by atoms with Crippen LogP contribution in [0.2, 0.25) is 0 Å². The summed E-state index contributed by atoms with van der Waals surface area (Å²) >= 11 is 0. The molecule has 0 heterocycles. The van der Waals surface area contributed by atoms with Gasteiger partial charge in [-0.2, -0.15) is 0 Å². The zero-order valence-electron chi connectivity index (χ0n) is 13.0. The van der Waals surface area contributed by atoms with Gasteiger partial charge in [0.2, 0.25) is 0 Å². The Morgan fingerprint density at radius 1 is 1.24 bits per heavy atom. The molecule has 1 atom stereocenters. The summed E-state index contributed by atoms with van der Waals surface area (Å²) in [5.74, 6) is -1.70. The third-order valence-electron chi connectivity index (χ3n) is 3.70. The Morgan fingerprint density at radius 3 is 2.38 bits per heavy atom. The van der Waals surface area contributed by atoms with Gasteiger partial charge in [0.05, 0.1) is 0 Å². The van der Waals surface area contributed by atoms with E-state index in [1.165, 1.54) is 19.1 Å². The van der Waals surface area contributed by atoms with Gasteiger partial charge in [-0.1, -0.05) is 0 Å². The third-order valence-corrected chi connectivity index (χ3v) is 3.70. The minimum absolute atomic E-state index is 0.0701. The Labute approximate surface area is 124 Å². The molecule has 0 saturated carbocycles. The van der Waals surface area contributed by atoms with E-state index >= 15 is 0 Å². The quantitative estimate of drug-likeness (QED) is 0.830. The molecular formula is C16H23F2NO2. The number of carbonyl (C=O) groups is 1. The number of rotatable bonds is 7. The molecule has 1 unspecified atom stereocenters. The van der Waals surface area contributed by atoms with E-state index in [0.717, 1.165) is 0 Å². The van der Waals surface area contributed by atoms with Crippen LogP contribution < -0.4 is 0 Å². The van der Waals surface area contributed by atoms with Crippen molar-refractivity contribution in [1.82, 2.24) is 4.90 Å². The van der Waals surface area contributed by atoms with E-state index in [4.69, 9.17) is 5.11 Å². The number of halogens is 2. The van der Waals surface area contributed by atoms with Crippen LogP contribution in [0.25, 0.3) is 0 Å². The van der Waals surface area contributed by atoms with Crippen molar-refractivity contribution in [2.45, 2.75) is 52.6 Å².